The summed E-state index contributed by atoms with van der Waals surface area (Å²) >= 11 is 11.0. The van der Waals surface area contributed by atoms with Crippen molar-refractivity contribution in [3.63, 3.8) is 0 Å². The molecule has 1 aliphatic heterocycles. The van der Waals surface area contributed by atoms with Gasteiger partial charge in [0.25, 0.3) is 5.56 Å². The molecule has 0 saturated heterocycles. The van der Waals surface area contributed by atoms with Crippen LogP contribution < -0.4 is 24.4 Å². The molecule has 0 bridgehead atoms. The van der Waals surface area contributed by atoms with Crippen LogP contribution in [0.2, 0.25) is 5.02 Å². The molecule has 3 heterocycles. The van der Waals surface area contributed by atoms with Gasteiger partial charge in [0.05, 0.1) is 54.3 Å². The van der Waals surface area contributed by atoms with Gasteiger partial charge in [-0.15, -0.1) is 0 Å². The Morgan fingerprint density at radius 1 is 1.11 bits per heavy atom. The van der Waals surface area contributed by atoms with Crippen molar-refractivity contribution in [3.8, 4) is 22.8 Å². The number of fused-ring (bicyclic) bond motifs is 1. The van der Waals surface area contributed by atoms with E-state index in [0.29, 0.717) is 64.2 Å². The zero-order chi connectivity index (χ0) is 33.3. The molecule has 10 nitrogen and oxygen atoms in total. The van der Waals surface area contributed by atoms with Crippen molar-refractivity contribution in [1.29, 1.82) is 0 Å². The third-order valence-corrected chi connectivity index (χ3v) is 8.93. The molecule has 2 aromatic carbocycles. The number of aromatic nitrogens is 1. The third kappa shape index (κ3) is 6.42. The van der Waals surface area contributed by atoms with E-state index in [-0.39, 0.29) is 18.3 Å². The molecule has 240 valence electrons. The van der Waals surface area contributed by atoms with Crippen molar-refractivity contribution < 1.29 is 33.0 Å². The van der Waals surface area contributed by atoms with Gasteiger partial charge in [-0.1, -0.05) is 38.9 Å². The van der Waals surface area contributed by atoms with E-state index in [1.165, 1.54) is 18.8 Å². The highest BCUT2D eigenvalue weighted by atomic mass is 79.9. The number of thiazole rings is 1. The smallest absolute Gasteiger partial charge is 0.339 e. The van der Waals surface area contributed by atoms with Gasteiger partial charge in [-0.3, -0.25) is 9.36 Å². The van der Waals surface area contributed by atoms with Gasteiger partial charge < -0.3 is 23.4 Å². The molecular weight excluding hydrogens is 700 g/mol. The Morgan fingerprint density at radius 3 is 2.50 bits per heavy atom. The van der Waals surface area contributed by atoms with Crippen molar-refractivity contribution in [2.75, 3.05) is 20.8 Å². The summed E-state index contributed by atoms with van der Waals surface area (Å²) in [7, 11) is 3.03. The summed E-state index contributed by atoms with van der Waals surface area (Å²) in [5.41, 5.74) is 1.56. The average Bonchev–Trinajstić information content (AvgIpc) is 3.60. The summed E-state index contributed by atoms with van der Waals surface area (Å²) in [5.74, 6) is 0.508. The highest BCUT2D eigenvalue weighted by molar-refractivity contribution is 9.10. The van der Waals surface area contributed by atoms with Crippen LogP contribution in [0.15, 0.2) is 72.4 Å². The number of benzene rings is 2. The third-order valence-electron chi connectivity index (χ3n) is 7.02. The number of furan rings is 1. The van der Waals surface area contributed by atoms with Gasteiger partial charge in [-0.05, 0) is 75.7 Å². The lowest BCUT2D eigenvalue weighted by Gasteiger charge is -2.26. The molecule has 0 amide bonds. The Kier molecular flexibility index (Phi) is 9.90. The van der Waals surface area contributed by atoms with Crippen LogP contribution in [0, 0.1) is 0 Å². The summed E-state index contributed by atoms with van der Waals surface area (Å²) in [5, 5.41) is 0.413. The Hall–Kier alpha value is -4.13. The second-order valence-electron chi connectivity index (χ2n) is 10.4. The number of carbonyl (C=O) groups is 2. The number of esters is 2. The van der Waals surface area contributed by atoms with Gasteiger partial charge in [-0.25, -0.2) is 14.6 Å². The molecule has 4 aromatic rings. The van der Waals surface area contributed by atoms with E-state index in [4.69, 9.17) is 35.0 Å². The monoisotopic (exact) mass is 728 g/mol. The summed E-state index contributed by atoms with van der Waals surface area (Å²) in [4.78, 5) is 45.2. The topological polar surface area (TPSA) is 119 Å². The summed E-state index contributed by atoms with van der Waals surface area (Å²) < 4.78 is 30.2. The summed E-state index contributed by atoms with van der Waals surface area (Å²) in [6.07, 6.45) is 1.28. The minimum Gasteiger partial charge on any atom is -0.493 e. The van der Waals surface area contributed by atoms with Crippen LogP contribution in [0.5, 0.6) is 11.5 Å². The van der Waals surface area contributed by atoms with Crippen molar-refractivity contribution in [3.05, 3.63) is 99.8 Å². The van der Waals surface area contributed by atoms with Gasteiger partial charge in [0.15, 0.2) is 16.3 Å². The number of carbonyl (C=O) groups excluding carboxylic acids is 2. The summed E-state index contributed by atoms with van der Waals surface area (Å²) in [6, 6.07) is 10.7. The number of rotatable bonds is 9. The summed E-state index contributed by atoms with van der Waals surface area (Å²) in [6.45, 7) is 7.09. The number of nitrogens with zero attached hydrogens (tertiary/aromatic N) is 2. The van der Waals surface area contributed by atoms with Crippen LogP contribution in [0.1, 0.15) is 55.4 Å². The van der Waals surface area contributed by atoms with Crippen LogP contribution >= 0.6 is 38.9 Å². The second kappa shape index (κ2) is 13.7. The van der Waals surface area contributed by atoms with Crippen LogP contribution in [0.25, 0.3) is 17.4 Å². The minimum atomic E-state index is -0.889. The first kappa shape index (κ1) is 33.2. The fourth-order valence-corrected chi connectivity index (χ4v) is 6.78. The second-order valence-corrected chi connectivity index (χ2v) is 12.7. The van der Waals surface area contributed by atoms with Crippen molar-refractivity contribution in [2.24, 2.45) is 4.99 Å². The van der Waals surface area contributed by atoms with Gasteiger partial charge in [-0.2, -0.15) is 0 Å². The Bertz CT molecular complexity index is 2060. The Morgan fingerprint density at radius 2 is 1.83 bits per heavy atom. The molecular formula is C33H30BrClN2O8S. The lowest BCUT2D eigenvalue weighted by molar-refractivity contribution is -0.139. The van der Waals surface area contributed by atoms with E-state index in [1.807, 2.05) is 0 Å². The Labute approximate surface area is 281 Å². The molecule has 0 spiro atoms. The number of hydrogen-bond acceptors (Lipinski definition) is 10. The first-order valence-corrected chi connectivity index (χ1v) is 16.2. The van der Waals surface area contributed by atoms with Gasteiger partial charge >= 0.3 is 11.9 Å². The van der Waals surface area contributed by atoms with E-state index < -0.39 is 23.5 Å². The molecule has 0 unspecified atom stereocenters. The molecule has 1 atom stereocenters. The molecule has 46 heavy (non-hydrogen) atoms. The molecule has 2 aromatic heterocycles. The fourth-order valence-electron chi connectivity index (χ4n) is 5.05. The molecule has 0 fully saturated rings. The van der Waals surface area contributed by atoms with Crippen molar-refractivity contribution >= 4 is 56.9 Å². The lowest BCUT2D eigenvalue weighted by atomic mass is 9.95. The predicted octanol–water partition coefficient (Wildman–Crippen LogP) is 6.06. The molecule has 0 radical (unpaired) electrons. The van der Waals surface area contributed by atoms with Crippen LogP contribution in [-0.4, -0.2) is 43.4 Å². The lowest BCUT2D eigenvalue weighted by Crippen LogP contribution is -2.40. The van der Waals surface area contributed by atoms with E-state index in [1.54, 1.807) is 76.2 Å². The standard InChI is InChI=1S/C33H30BrClN2O8S/c1-7-43-32(40)28-17(4)36-33-37(29(28)22-14-25(41-5)26(42-6)15-23(22)34)30(38)27(46-33)13-19-9-11-24(45-19)21-12-18(35)8-10-20(21)31(39)44-16(2)3/h8-16,29H,7H2,1-6H3/b27-13+/t29-/m0/s1. The molecule has 0 N–H and O–H groups in total. The van der Waals surface area contributed by atoms with E-state index in [2.05, 4.69) is 20.9 Å². The van der Waals surface area contributed by atoms with Gasteiger partial charge in [0, 0.05) is 21.1 Å². The minimum absolute atomic E-state index is 0.143. The maximum atomic E-state index is 14.1. The first-order valence-electron chi connectivity index (χ1n) is 14.2. The average molecular weight is 730 g/mol. The number of hydrogen-bond donors (Lipinski definition) is 0. The highest BCUT2D eigenvalue weighted by Gasteiger charge is 2.35. The van der Waals surface area contributed by atoms with Gasteiger partial charge in [0.1, 0.15) is 11.5 Å². The normalized spacial score (nSPS) is 14.6. The van der Waals surface area contributed by atoms with Crippen LogP contribution in [0.3, 0.4) is 0 Å². The highest BCUT2D eigenvalue weighted by Crippen LogP contribution is 2.41. The molecule has 0 saturated carbocycles. The van der Waals surface area contributed by atoms with E-state index >= 15 is 0 Å². The van der Waals surface area contributed by atoms with Crippen molar-refractivity contribution in [2.45, 2.75) is 39.8 Å². The number of ether oxygens (including phenoxy) is 4. The van der Waals surface area contributed by atoms with E-state index in [9.17, 15) is 14.4 Å². The molecule has 0 aliphatic carbocycles. The zero-order valence-electron chi connectivity index (χ0n) is 25.8. The maximum Gasteiger partial charge on any atom is 0.339 e. The van der Waals surface area contributed by atoms with Crippen molar-refractivity contribution in [1.82, 2.24) is 4.57 Å². The fraction of sp³-hybridized carbons (Fsp3) is 0.273. The molecule has 13 heteroatoms. The number of halogens is 2. The van der Waals surface area contributed by atoms with Crippen LogP contribution in [0.4, 0.5) is 0 Å². The van der Waals surface area contributed by atoms with E-state index in [0.717, 1.165) is 11.3 Å². The molecule has 5 rings (SSSR count). The number of methoxy groups -OCH3 is 2. The SMILES string of the molecule is CCOC(=O)C1=C(C)N=c2s/c(=C/c3ccc(-c4cc(Cl)ccc4C(=O)OC(C)C)o3)c(=O)n2[C@H]1c1cc(OC)c(OC)cc1Br. The largest absolute Gasteiger partial charge is 0.493 e. The Balaban J connectivity index is 1.65. The first-order chi connectivity index (χ1) is 22.0. The van der Waals surface area contributed by atoms with Gasteiger partial charge in [0.2, 0.25) is 0 Å². The maximum absolute atomic E-state index is 14.1. The molecule has 1 aliphatic rings. The van der Waals surface area contributed by atoms with Crippen LogP contribution in [-0.2, 0) is 14.3 Å². The quantitative estimate of drug-likeness (QED) is 0.191. The predicted molar refractivity (Wildman–Crippen MR) is 177 cm³/mol. The number of allylic oxidation sites excluding steroid dienone is 1. The zero-order valence-corrected chi connectivity index (χ0v) is 29.0.